The molecule has 0 unspecified atom stereocenters. The van der Waals surface area contributed by atoms with Gasteiger partial charge in [0.05, 0.1) is 0 Å². The first-order valence-electron chi connectivity index (χ1n) is 5.29. The number of nitrogens with two attached hydrogens (primary N) is 1. The van der Waals surface area contributed by atoms with Crippen LogP contribution in [0.3, 0.4) is 0 Å². The molecule has 0 aliphatic carbocycles. The Bertz CT molecular complexity index is 499. The zero-order valence-electron chi connectivity index (χ0n) is 9.55. The molecule has 1 amide bonds. The summed E-state index contributed by atoms with van der Waals surface area (Å²) in [6.45, 7) is 2.01. The molecular weight excluding hydrogens is 216 g/mol. The van der Waals surface area contributed by atoms with Crippen molar-refractivity contribution in [2.24, 2.45) is 0 Å². The number of hydrogen-bond acceptors (Lipinski definition) is 3. The quantitative estimate of drug-likeness (QED) is 0.837. The fraction of sp³-hybridized carbons (Fsp3) is 0.167. The van der Waals surface area contributed by atoms with Crippen LogP contribution < -0.4 is 11.1 Å². The number of benzene rings is 1. The van der Waals surface area contributed by atoms with Crippen molar-refractivity contribution in [2.45, 2.75) is 13.5 Å². The van der Waals surface area contributed by atoms with E-state index in [0.717, 1.165) is 11.3 Å². The van der Waals surface area contributed by atoms with Crippen LogP contribution in [0.2, 0.25) is 0 Å². The van der Waals surface area contributed by atoms with Crippen LogP contribution in [0.1, 0.15) is 5.56 Å². The molecule has 0 fully saturated rings. The molecule has 5 heteroatoms. The zero-order valence-corrected chi connectivity index (χ0v) is 9.55. The molecule has 1 aromatic carbocycles. The number of nitrogens with one attached hydrogen (secondary N) is 1. The second-order valence-corrected chi connectivity index (χ2v) is 3.81. The van der Waals surface area contributed by atoms with Crippen LogP contribution in [0.15, 0.2) is 36.5 Å². The number of amides is 1. The number of rotatable bonds is 3. The first-order chi connectivity index (χ1) is 8.15. The van der Waals surface area contributed by atoms with Gasteiger partial charge in [-0.15, -0.1) is 0 Å². The van der Waals surface area contributed by atoms with Gasteiger partial charge in [0.1, 0.15) is 12.4 Å². The van der Waals surface area contributed by atoms with Crippen molar-refractivity contribution in [3.8, 4) is 0 Å². The average Bonchev–Trinajstić information content (AvgIpc) is 2.59. The number of aromatic nitrogens is 2. The van der Waals surface area contributed by atoms with Crippen LogP contribution in [-0.4, -0.2) is 15.7 Å². The van der Waals surface area contributed by atoms with Crippen molar-refractivity contribution in [1.82, 2.24) is 9.78 Å². The summed E-state index contributed by atoms with van der Waals surface area (Å²) in [5.74, 6) is 0.330. The van der Waals surface area contributed by atoms with Gasteiger partial charge in [-0.25, -0.2) is 0 Å². The minimum atomic E-state index is -0.126. The minimum absolute atomic E-state index is 0.126. The third kappa shape index (κ3) is 2.84. The van der Waals surface area contributed by atoms with Crippen molar-refractivity contribution < 1.29 is 4.79 Å². The Hall–Kier alpha value is -2.30. The van der Waals surface area contributed by atoms with Crippen molar-refractivity contribution in [3.63, 3.8) is 0 Å². The minimum Gasteiger partial charge on any atom is -0.382 e. The second kappa shape index (κ2) is 4.69. The lowest BCUT2D eigenvalue weighted by Crippen LogP contribution is -2.19. The molecule has 0 spiro atoms. The first-order valence-corrected chi connectivity index (χ1v) is 5.29. The standard InChI is InChI=1S/C12H14N4O/c1-9-7-16(15-12(9)13)8-11(17)14-10-5-3-2-4-6-10/h2-7H,8H2,1H3,(H2,13,15)(H,14,17). The molecule has 88 valence electrons. The number of carbonyl (C=O) groups is 1. The van der Waals surface area contributed by atoms with E-state index in [1.165, 1.54) is 4.68 Å². The van der Waals surface area contributed by atoms with E-state index in [1.54, 1.807) is 6.20 Å². The van der Waals surface area contributed by atoms with Crippen LogP contribution in [0.5, 0.6) is 0 Å². The molecule has 17 heavy (non-hydrogen) atoms. The van der Waals surface area contributed by atoms with Gasteiger partial charge < -0.3 is 11.1 Å². The first kappa shape index (κ1) is 11.2. The van der Waals surface area contributed by atoms with Gasteiger partial charge >= 0.3 is 0 Å². The molecule has 0 aliphatic rings. The highest BCUT2D eigenvalue weighted by molar-refractivity contribution is 5.90. The average molecular weight is 230 g/mol. The van der Waals surface area contributed by atoms with Crippen LogP contribution in [0.4, 0.5) is 11.5 Å². The molecule has 0 aliphatic heterocycles. The molecule has 3 N–H and O–H groups in total. The van der Waals surface area contributed by atoms with E-state index in [1.807, 2.05) is 37.3 Å². The Labute approximate surface area is 99.2 Å². The summed E-state index contributed by atoms with van der Waals surface area (Å²) < 4.78 is 1.53. The molecule has 0 radical (unpaired) electrons. The maximum Gasteiger partial charge on any atom is 0.246 e. The molecule has 0 bridgehead atoms. The lowest BCUT2D eigenvalue weighted by Gasteiger charge is -2.04. The summed E-state index contributed by atoms with van der Waals surface area (Å²) in [5, 5.41) is 6.80. The Morgan fingerprint density at radius 1 is 1.41 bits per heavy atom. The molecule has 5 nitrogen and oxygen atoms in total. The number of aryl methyl sites for hydroxylation is 1. The number of para-hydroxylation sites is 1. The van der Waals surface area contributed by atoms with E-state index in [9.17, 15) is 4.79 Å². The van der Waals surface area contributed by atoms with Gasteiger partial charge in [-0.05, 0) is 19.1 Å². The van der Waals surface area contributed by atoms with Gasteiger partial charge in [-0.1, -0.05) is 18.2 Å². The van der Waals surface area contributed by atoms with Crippen LogP contribution in [0.25, 0.3) is 0 Å². The van der Waals surface area contributed by atoms with E-state index < -0.39 is 0 Å². The van der Waals surface area contributed by atoms with Gasteiger partial charge in [0.2, 0.25) is 5.91 Å². The highest BCUT2D eigenvalue weighted by atomic mass is 16.2. The largest absolute Gasteiger partial charge is 0.382 e. The number of hydrogen-bond donors (Lipinski definition) is 2. The van der Waals surface area contributed by atoms with Gasteiger partial charge in [-0.2, -0.15) is 5.10 Å². The Kier molecular flexibility index (Phi) is 3.09. The fourth-order valence-corrected chi connectivity index (χ4v) is 1.49. The highest BCUT2D eigenvalue weighted by Crippen LogP contribution is 2.07. The van der Waals surface area contributed by atoms with Crippen LogP contribution in [0, 0.1) is 6.92 Å². The smallest absolute Gasteiger partial charge is 0.246 e. The monoisotopic (exact) mass is 230 g/mol. The summed E-state index contributed by atoms with van der Waals surface area (Å²) in [6, 6.07) is 9.30. The number of nitrogen functional groups attached to an aromatic ring is 1. The lowest BCUT2D eigenvalue weighted by atomic mass is 10.3. The van der Waals surface area contributed by atoms with Gasteiger partial charge in [0, 0.05) is 17.4 Å². The molecular formula is C12H14N4O. The third-order valence-electron chi connectivity index (χ3n) is 2.35. The highest BCUT2D eigenvalue weighted by Gasteiger charge is 2.06. The van der Waals surface area contributed by atoms with Crippen molar-refractivity contribution in [1.29, 1.82) is 0 Å². The van der Waals surface area contributed by atoms with Crippen LogP contribution in [-0.2, 0) is 11.3 Å². The van der Waals surface area contributed by atoms with Crippen LogP contribution >= 0.6 is 0 Å². The van der Waals surface area contributed by atoms with Gasteiger partial charge in [-0.3, -0.25) is 9.48 Å². The Morgan fingerprint density at radius 3 is 2.71 bits per heavy atom. The van der Waals surface area contributed by atoms with E-state index in [4.69, 9.17) is 5.73 Å². The van der Waals surface area contributed by atoms with E-state index >= 15 is 0 Å². The Balaban J connectivity index is 1.98. The summed E-state index contributed by atoms with van der Waals surface area (Å²) >= 11 is 0. The molecule has 1 heterocycles. The fourth-order valence-electron chi connectivity index (χ4n) is 1.49. The SMILES string of the molecule is Cc1cn(CC(=O)Nc2ccccc2)nc1N. The molecule has 0 saturated carbocycles. The molecule has 2 aromatic rings. The van der Waals surface area contributed by atoms with E-state index in [2.05, 4.69) is 10.4 Å². The third-order valence-corrected chi connectivity index (χ3v) is 2.35. The summed E-state index contributed by atoms with van der Waals surface area (Å²) in [5.41, 5.74) is 7.25. The zero-order chi connectivity index (χ0) is 12.3. The van der Waals surface area contributed by atoms with Gasteiger partial charge in [0.15, 0.2) is 0 Å². The maximum atomic E-state index is 11.7. The molecule has 0 atom stereocenters. The van der Waals surface area contributed by atoms with E-state index in [-0.39, 0.29) is 12.5 Å². The molecule has 2 rings (SSSR count). The predicted molar refractivity (Wildman–Crippen MR) is 66.4 cm³/mol. The van der Waals surface area contributed by atoms with Gasteiger partial charge in [0.25, 0.3) is 0 Å². The summed E-state index contributed by atoms with van der Waals surface area (Å²) in [7, 11) is 0. The lowest BCUT2D eigenvalue weighted by molar-refractivity contribution is -0.116. The van der Waals surface area contributed by atoms with Crippen molar-refractivity contribution in [3.05, 3.63) is 42.1 Å². The number of nitrogens with zero attached hydrogens (tertiary/aromatic N) is 2. The normalized spacial score (nSPS) is 10.2. The maximum absolute atomic E-state index is 11.7. The second-order valence-electron chi connectivity index (χ2n) is 3.81. The van der Waals surface area contributed by atoms with Crippen molar-refractivity contribution >= 4 is 17.4 Å². The summed E-state index contributed by atoms with van der Waals surface area (Å²) in [4.78, 5) is 11.7. The number of anilines is 2. The topological polar surface area (TPSA) is 72.9 Å². The number of carbonyl (C=O) groups excluding carboxylic acids is 1. The summed E-state index contributed by atoms with van der Waals surface area (Å²) in [6.07, 6.45) is 1.75. The van der Waals surface area contributed by atoms with Crippen molar-refractivity contribution in [2.75, 3.05) is 11.1 Å². The molecule has 1 aromatic heterocycles. The Morgan fingerprint density at radius 2 is 2.12 bits per heavy atom. The predicted octanol–water partition coefficient (Wildman–Crippen LogP) is 1.41. The van der Waals surface area contributed by atoms with E-state index in [0.29, 0.717) is 5.82 Å². The molecule has 0 saturated heterocycles.